The van der Waals surface area contributed by atoms with Crippen molar-refractivity contribution in [3.63, 3.8) is 0 Å². The summed E-state index contributed by atoms with van der Waals surface area (Å²) in [5.74, 6) is -0.469. The molecule has 0 aromatic heterocycles. The first-order valence-electron chi connectivity index (χ1n) is 4.99. The van der Waals surface area contributed by atoms with Gasteiger partial charge in [-0.3, -0.25) is 0 Å². The van der Waals surface area contributed by atoms with Crippen molar-refractivity contribution in [2.45, 2.75) is 18.6 Å². The monoisotopic (exact) mass is 229 g/mol. The van der Waals surface area contributed by atoms with E-state index >= 15 is 0 Å². The van der Waals surface area contributed by atoms with Crippen LogP contribution in [0.2, 0.25) is 0 Å². The minimum absolute atomic E-state index is 0.0384. The molecule has 1 aromatic carbocycles. The average molecular weight is 229 g/mol. The predicted octanol–water partition coefficient (Wildman–Crippen LogP) is 0.577. The number of halogens is 1. The van der Waals surface area contributed by atoms with E-state index in [1.807, 2.05) is 0 Å². The average Bonchev–Trinajstić information content (AvgIpc) is 2.29. The van der Waals surface area contributed by atoms with Gasteiger partial charge >= 0.3 is 0 Å². The first kappa shape index (κ1) is 12.9. The van der Waals surface area contributed by atoms with Gasteiger partial charge in [-0.15, -0.1) is 0 Å². The Balaban J connectivity index is 2.87. The molecule has 4 nitrogen and oxygen atoms in total. The van der Waals surface area contributed by atoms with Crippen molar-refractivity contribution in [1.82, 2.24) is 0 Å². The minimum Gasteiger partial charge on any atom is -0.494 e. The van der Waals surface area contributed by atoms with Crippen LogP contribution in [0.4, 0.5) is 4.39 Å². The maximum Gasteiger partial charge on any atom is 0.165 e. The summed E-state index contributed by atoms with van der Waals surface area (Å²) in [5, 5.41) is 19.3. The lowest BCUT2D eigenvalue weighted by atomic mass is 10.0. The third-order valence-electron chi connectivity index (χ3n) is 2.34. The Morgan fingerprint density at radius 1 is 1.44 bits per heavy atom. The second kappa shape index (κ2) is 5.79. The molecule has 5 heteroatoms. The van der Waals surface area contributed by atoms with E-state index in [9.17, 15) is 14.6 Å². The Hall–Kier alpha value is -1.17. The number of aliphatic hydroxyl groups excluding tert-OH is 2. The van der Waals surface area contributed by atoms with Crippen molar-refractivity contribution in [1.29, 1.82) is 0 Å². The fourth-order valence-electron chi connectivity index (χ4n) is 1.41. The fourth-order valence-corrected chi connectivity index (χ4v) is 1.41. The van der Waals surface area contributed by atoms with Crippen molar-refractivity contribution in [3.05, 3.63) is 29.6 Å². The van der Waals surface area contributed by atoms with Crippen LogP contribution in [0.5, 0.6) is 5.75 Å². The molecule has 0 heterocycles. The molecule has 16 heavy (non-hydrogen) atoms. The molecule has 0 amide bonds. The lowest BCUT2D eigenvalue weighted by Crippen LogP contribution is -2.21. The highest BCUT2D eigenvalue weighted by atomic mass is 19.1. The largest absolute Gasteiger partial charge is 0.494 e. The molecule has 4 N–H and O–H groups in total. The van der Waals surface area contributed by atoms with Crippen LogP contribution in [0.15, 0.2) is 18.2 Å². The van der Waals surface area contributed by atoms with Crippen LogP contribution < -0.4 is 10.5 Å². The molecule has 0 aliphatic carbocycles. The second-order valence-electron chi connectivity index (χ2n) is 3.48. The quantitative estimate of drug-likeness (QED) is 0.690. The number of nitrogens with two attached hydrogens (primary N) is 1. The zero-order chi connectivity index (χ0) is 12.1. The summed E-state index contributed by atoms with van der Waals surface area (Å²) in [4.78, 5) is 0. The summed E-state index contributed by atoms with van der Waals surface area (Å²) in [6.07, 6.45) is -1.76. The van der Waals surface area contributed by atoms with Crippen molar-refractivity contribution in [3.8, 4) is 5.75 Å². The van der Waals surface area contributed by atoms with Gasteiger partial charge < -0.3 is 20.7 Å². The zero-order valence-corrected chi connectivity index (χ0v) is 9.06. The Morgan fingerprint density at radius 2 is 2.12 bits per heavy atom. The molecule has 0 aliphatic heterocycles. The Bertz CT molecular complexity index is 346. The van der Waals surface area contributed by atoms with Crippen molar-refractivity contribution >= 4 is 0 Å². The number of methoxy groups -OCH3 is 1. The maximum absolute atomic E-state index is 13.1. The second-order valence-corrected chi connectivity index (χ2v) is 3.48. The summed E-state index contributed by atoms with van der Waals surface area (Å²) in [7, 11) is 1.34. The number of ether oxygens (including phenoxy) is 1. The molecule has 2 atom stereocenters. The molecule has 1 rings (SSSR count). The molecule has 0 aliphatic rings. The third-order valence-corrected chi connectivity index (χ3v) is 2.34. The fraction of sp³-hybridized carbons (Fsp3) is 0.455. The van der Waals surface area contributed by atoms with Gasteiger partial charge in [-0.25, -0.2) is 4.39 Å². The van der Waals surface area contributed by atoms with Crippen LogP contribution in [0.3, 0.4) is 0 Å². The van der Waals surface area contributed by atoms with E-state index in [-0.39, 0.29) is 18.7 Å². The summed E-state index contributed by atoms with van der Waals surface area (Å²) in [5.41, 5.74) is 5.67. The van der Waals surface area contributed by atoms with Crippen LogP contribution in [0, 0.1) is 5.82 Å². The van der Waals surface area contributed by atoms with E-state index in [0.29, 0.717) is 5.56 Å². The van der Waals surface area contributed by atoms with E-state index in [2.05, 4.69) is 0 Å². The van der Waals surface area contributed by atoms with Gasteiger partial charge in [0.25, 0.3) is 0 Å². The summed E-state index contributed by atoms with van der Waals surface area (Å²) >= 11 is 0. The van der Waals surface area contributed by atoms with E-state index in [4.69, 9.17) is 10.5 Å². The van der Waals surface area contributed by atoms with Crippen LogP contribution in [0.25, 0.3) is 0 Å². The Kier molecular flexibility index (Phi) is 4.67. The molecular weight excluding hydrogens is 213 g/mol. The molecule has 2 unspecified atom stereocenters. The molecule has 1 aromatic rings. The van der Waals surface area contributed by atoms with Crippen LogP contribution >= 0.6 is 0 Å². The first-order valence-corrected chi connectivity index (χ1v) is 4.99. The predicted molar refractivity (Wildman–Crippen MR) is 57.6 cm³/mol. The summed E-state index contributed by atoms with van der Waals surface area (Å²) in [6, 6.07) is 3.95. The normalized spacial score (nSPS) is 14.6. The minimum atomic E-state index is -1.09. The number of rotatable bonds is 5. The van der Waals surface area contributed by atoms with Crippen LogP contribution in [-0.4, -0.2) is 30.0 Å². The molecule has 90 valence electrons. The highest BCUT2D eigenvalue weighted by Gasteiger charge is 2.18. The SMILES string of the molecule is COc1cc(C(O)C(O)CCN)ccc1F. The zero-order valence-electron chi connectivity index (χ0n) is 9.06. The van der Waals surface area contributed by atoms with Gasteiger partial charge in [-0.1, -0.05) is 6.07 Å². The van der Waals surface area contributed by atoms with Crippen LogP contribution in [0.1, 0.15) is 18.1 Å². The Morgan fingerprint density at radius 3 is 2.69 bits per heavy atom. The van der Waals surface area contributed by atoms with E-state index in [1.165, 1.54) is 25.3 Å². The van der Waals surface area contributed by atoms with E-state index in [1.54, 1.807) is 0 Å². The maximum atomic E-state index is 13.1. The van der Waals surface area contributed by atoms with Crippen molar-refractivity contribution < 1.29 is 19.3 Å². The molecule has 0 bridgehead atoms. The van der Waals surface area contributed by atoms with Crippen molar-refractivity contribution in [2.24, 2.45) is 5.73 Å². The van der Waals surface area contributed by atoms with Gasteiger partial charge in [0.15, 0.2) is 11.6 Å². The van der Waals surface area contributed by atoms with E-state index < -0.39 is 18.0 Å². The molecule has 0 radical (unpaired) electrons. The number of benzene rings is 1. The summed E-state index contributed by atoms with van der Waals surface area (Å²) < 4.78 is 17.9. The molecular formula is C11H16FNO3. The lowest BCUT2D eigenvalue weighted by Gasteiger charge is -2.18. The number of hydrogen-bond acceptors (Lipinski definition) is 4. The Labute approximate surface area is 93.5 Å². The third kappa shape index (κ3) is 2.91. The smallest absolute Gasteiger partial charge is 0.165 e. The molecule has 0 spiro atoms. The van der Waals surface area contributed by atoms with Gasteiger partial charge in [0.2, 0.25) is 0 Å². The number of aliphatic hydroxyl groups is 2. The van der Waals surface area contributed by atoms with Crippen LogP contribution in [-0.2, 0) is 0 Å². The van der Waals surface area contributed by atoms with Gasteiger partial charge in [0, 0.05) is 0 Å². The molecule has 0 fully saturated rings. The van der Waals surface area contributed by atoms with E-state index in [0.717, 1.165) is 0 Å². The molecule has 0 saturated carbocycles. The standard InChI is InChI=1S/C11H16FNO3/c1-16-10-6-7(2-3-8(10)12)11(15)9(14)4-5-13/h2-3,6,9,11,14-15H,4-5,13H2,1H3. The van der Waals surface area contributed by atoms with Gasteiger partial charge in [0.05, 0.1) is 13.2 Å². The summed E-state index contributed by atoms with van der Waals surface area (Å²) in [6.45, 7) is 0.274. The first-order chi connectivity index (χ1) is 7.60. The highest BCUT2D eigenvalue weighted by molar-refractivity contribution is 5.31. The van der Waals surface area contributed by atoms with Gasteiger partial charge in [-0.05, 0) is 30.7 Å². The molecule has 0 saturated heterocycles. The lowest BCUT2D eigenvalue weighted by molar-refractivity contribution is 0.0149. The highest BCUT2D eigenvalue weighted by Crippen LogP contribution is 2.25. The number of hydrogen-bond donors (Lipinski definition) is 3. The van der Waals surface area contributed by atoms with Crippen molar-refractivity contribution in [2.75, 3.05) is 13.7 Å². The van der Waals surface area contributed by atoms with Gasteiger partial charge in [-0.2, -0.15) is 0 Å². The topological polar surface area (TPSA) is 75.7 Å². The van der Waals surface area contributed by atoms with Gasteiger partial charge in [0.1, 0.15) is 6.10 Å².